The predicted octanol–water partition coefficient (Wildman–Crippen LogP) is 8.14. The van der Waals surface area contributed by atoms with Gasteiger partial charge >= 0.3 is 0 Å². The van der Waals surface area contributed by atoms with Crippen molar-refractivity contribution in [2.24, 2.45) is 0 Å². The zero-order chi connectivity index (χ0) is 22.1. The minimum atomic E-state index is -0.197. The van der Waals surface area contributed by atoms with Gasteiger partial charge in [-0.3, -0.25) is 0 Å². The van der Waals surface area contributed by atoms with Crippen LogP contribution < -0.4 is 0 Å². The average Bonchev–Trinajstić information content (AvgIpc) is 2.76. The monoisotopic (exact) mass is 406 g/mol. The summed E-state index contributed by atoms with van der Waals surface area (Å²) in [6.45, 7) is 10.3. The normalized spacial score (nSPS) is 17.0. The Morgan fingerprint density at radius 1 is 0.867 bits per heavy atom. The average molecular weight is 407 g/mol. The molecule has 2 atom stereocenters. The minimum Gasteiger partial charge on any atom is -0.508 e. The molecule has 0 unspecified atom stereocenters. The standard InChI is InChI=1S/C23H21FO.C3H8.C2H6/c1-15-2-4-17(5-3-15)23-21(16-6-9-19(24)10-7-16)12-8-18-14-20(25)11-13-22(18)23;1-3-2;1-2/h2-7,9-11,13-14,21,23,25H,8,12H2,1H3;3H2,1-2H3;1-2H3/t21-,23+;;/m0../s1. The third-order valence-corrected chi connectivity index (χ3v) is 5.32. The second-order valence-corrected chi connectivity index (χ2v) is 7.68. The first-order valence-electron chi connectivity index (χ1n) is 11.2. The molecule has 0 aromatic heterocycles. The lowest BCUT2D eigenvalue weighted by molar-refractivity contribution is 0.469. The fourth-order valence-electron chi connectivity index (χ4n) is 4.06. The van der Waals surface area contributed by atoms with Crippen molar-refractivity contribution in [2.75, 3.05) is 0 Å². The Balaban J connectivity index is 0.000000590. The number of aryl methyl sites for hydroxylation is 2. The molecule has 4 rings (SSSR count). The van der Waals surface area contributed by atoms with E-state index in [4.69, 9.17) is 0 Å². The molecular weight excluding hydrogens is 371 g/mol. The van der Waals surface area contributed by atoms with Crippen LogP contribution in [-0.4, -0.2) is 5.11 Å². The molecule has 0 saturated heterocycles. The van der Waals surface area contributed by atoms with E-state index in [9.17, 15) is 9.50 Å². The number of phenols is 1. The SMILES string of the molecule is CC.CCC.Cc1ccc([C@H]2c3ccc(O)cc3CC[C@H]2c2ccc(F)cc2)cc1. The predicted molar refractivity (Wildman–Crippen MR) is 126 cm³/mol. The van der Waals surface area contributed by atoms with Crippen LogP contribution in [0.3, 0.4) is 0 Å². The maximum absolute atomic E-state index is 13.4. The highest BCUT2D eigenvalue weighted by Crippen LogP contribution is 2.46. The van der Waals surface area contributed by atoms with Gasteiger partial charge < -0.3 is 5.11 Å². The fourth-order valence-corrected chi connectivity index (χ4v) is 4.06. The van der Waals surface area contributed by atoms with Crippen molar-refractivity contribution < 1.29 is 9.50 Å². The zero-order valence-electron chi connectivity index (χ0n) is 19.0. The van der Waals surface area contributed by atoms with Crippen LogP contribution in [0.25, 0.3) is 0 Å². The molecule has 0 fully saturated rings. The summed E-state index contributed by atoms with van der Waals surface area (Å²) < 4.78 is 13.4. The first kappa shape index (κ1) is 23.7. The molecule has 0 saturated carbocycles. The third-order valence-electron chi connectivity index (χ3n) is 5.32. The molecule has 160 valence electrons. The minimum absolute atomic E-state index is 0.197. The maximum atomic E-state index is 13.4. The van der Waals surface area contributed by atoms with Gasteiger partial charge in [0.2, 0.25) is 0 Å². The molecule has 0 bridgehead atoms. The third kappa shape index (κ3) is 5.72. The molecule has 0 heterocycles. The fraction of sp³-hybridized carbons (Fsp3) is 0.357. The van der Waals surface area contributed by atoms with Crippen molar-refractivity contribution in [3.63, 3.8) is 0 Å². The van der Waals surface area contributed by atoms with E-state index in [1.807, 2.05) is 38.1 Å². The molecule has 1 aliphatic rings. The number of benzene rings is 3. The number of hydrogen-bond donors (Lipinski definition) is 1. The van der Waals surface area contributed by atoms with E-state index in [-0.39, 0.29) is 11.7 Å². The zero-order valence-corrected chi connectivity index (χ0v) is 19.0. The van der Waals surface area contributed by atoms with Gasteiger partial charge in [0.05, 0.1) is 0 Å². The van der Waals surface area contributed by atoms with Gasteiger partial charge in [0, 0.05) is 5.92 Å². The summed E-state index contributed by atoms with van der Waals surface area (Å²) in [6, 6.07) is 21.3. The molecule has 0 aliphatic heterocycles. The van der Waals surface area contributed by atoms with Crippen LogP contribution in [-0.2, 0) is 6.42 Å². The molecule has 1 N–H and O–H groups in total. The number of aromatic hydroxyl groups is 1. The second-order valence-electron chi connectivity index (χ2n) is 7.68. The highest BCUT2D eigenvalue weighted by atomic mass is 19.1. The van der Waals surface area contributed by atoms with Crippen molar-refractivity contribution in [3.05, 3.63) is 100 Å². The van der Waals surface area contributed by atoms with Gasteiger partial charge in [0.25, 0.3) is 0 Å². The lowest BCUT2D eigenvalue weighted by Crippen LogP contribution is -2.20. The largest absolute Gasteiger partial charge is 0.508 e. The van der Waals surface area contributed by atoms with Gasteiger partial charge in [0.15, 0.2) is 0 Å². The number of fused-ring (bicyclic) bond motifs is 1. The van der Waals surface area contributed by atoms with Crippen LogP contribution in [0.5, 0.6) is 5.75 Å². The Hall–Kier alpha value is -2.61. The van der Waals surface area contributed by atoms with Crippen LogP contribution in [0, 0.1) is 12.7 Å². The Morgan fingerprint density at radius 3 is 2.03 bits per heavy atom. The van der Waals surface area contributed by atoms with E-state index in [1.165, 1.54) is 34.2 Å². The van der Waals surface area contributed by atoms with Crippen molar-refractivity contribution >= 4 is 0 Å². The maximum Gasteiger partial charge on any atom is 0.123 e. The van der Waals surface area contributed by atoms with E-state index in [0.29, 0.717) is 11.7 Å². The van der Waals surface area contributed by atoms with E-state index < -0.39 is 0 Å². The van der Waals surface area contributed by atoms with Crippen LogP contribution in [0.1, 0.15) is 80.2 Å². The van der Waals surface area contributed by atoms with Gasteiger partial charge in [0.1, 0.15) is 11.6 Å². The van der Waals surface area contributed by atoms with Crippen LogP contribution >= 0.6 is 0 Å². The summed E-state index contributed by atoms with van der Waals surface area (Å²) >= 11 is 0. The van der Waals surface area contributed by atoms with Crippen molar-refractivity contribution in [1.82, 2.24) is 0 Å². The summed E-state index contributed by atoms with van der Waals surface area (Å²) in [4.78, 5) is 0. The van der Waals surface area contributed by atoms with E-state index in [2.05, 4.69) is 45.0 Å². The Morgan fingerprint density at radius 2 is 1.43 bits per heavy atom. The van der Waals surface area contributed by atoms with Crippen molar-refractivity contribution in [3.8, 4) is 5.75 Å². The first-order valence-corrected chi connectivity index (χ1v) is 11.2. The molecule has 0 spiro atoms. The molecular formula is C28H35FO. The number of halogens is 1. The number of hydrogen-bond acceptors (Lipinski definition) is 1. The Kier molecular flexibility index (Phi) is 9.11. The van der Waals surface area contributed by atoms with Gasteiger partial charge in [-0.2, -0.15) is 0 Å². The van der Waals surface area contributed by atoms with Crippen LogP contribution in [0.2, 0.25) is 0 Å². The summed E-state index contributed by atoms with van der Waals surface area (Å²) in [5.74, 6) is 0.647. The molecule has 0 radical (unpaired) electrons. The van der Waals surface area contributed by atoms with Crippen molar-refractivity contribution in [1.29, 1.82) is 0 Å². The van der Waals surface area contributed by atoms with Gasteiger partial charge in [-0.1, -0.05) is 82.1 Å². The van der Waals surface area contributed by atoms with Crippen LogP contribution in [0.15, 0.2) is 66.7 Å². The number of rotatable bonds is 2. The van der Waals surface area contributed by atoms with Gasteiger partial charge in [-0.25, -0.2) is 4.39 Å². The Bertz CT molecular complexity index is 897. The molecule has 0 amide bonds. The summed E-state index contributed by atoms with van der Waals surface area (Å²) in [7, 11) is 0. The molecule has 3 aromatic rings. The summed E-state index contributed by atoms with van der Waals surface area (Å²) in [6.07, 6.45) is 3.16. The quantitative estimate of drug-likeness (QED) is 0.455. The van der Waals surface area contributed by atoms with E-state index in [0.717, 1.165) is 12.8 Å². The van der Waals surface area contributed by atoms with Gasteiger partial charge in [-0.15, -0.1) is 0 Å². The highest BCUT2D eigenvalue weighted by molar-refractivity contribution is 5.47. The van der Waals surface area contributed by atoms with Crippen LogP contribution in [0.4, 0.5) is 4.39 Å². The molecule has 3 aromatic carbocycles. The smallest absolute Gasteiger partial charge is 0.123 e. The van der Waals surface area contributed by atoms with Crippen molar-refractivity contribution in [2.45, 2.75) is 65.7 Å². The van der Waals surface area contributed by atoms with E-state index in [1.54, 1.807) is 18.2 Å². The lowest BCUT2D eigenvalue weighted by Gasteiger charge is -2.35. The van der Waals surface area contributed by atoms with E-state index >= 15 is 0 Å². The number of phenolic OH excluding ortho intramolecular Hbond substituents is 1. The summed E-state index contributed by atoms with van der Waals surface area (Å²) in [5.41, 5.74) is 6.16. The lowest BCUT2D eigenvalue weighted by atomic mass is 9.69. The summed E-state index contributed by atoms with van der Waals surface area (Å²) in [5, 5.41) is 9.85. The highest BCUT2D eigenvalue weighted by Gasteiger charge is 2.32. The second kappa shape index (κ2) is 11.5. The molecule has 2 heteroatoms. The molecule has 30 heavy (non-hydrogen) atoms. The topological polar surface area (TPSA) is 20.2 Å². The Labute approximate surface area is 181 Å². The molecule has 1 aliphatic carbocycles. The molecule has 1 nitrogen and oxygen atoms in total. The van der Waals surface area contributed by atoms with Gasteiger partial charge in [-0.05, 0) is 72.2 Å². The first-order chi connectivity index (χ1) is 14.5.